The second-order valence-corrected chi connectivity index (χ2v) is 9.58. The lowest BCUT2D eigenvalue weighted by Gasteiger charge is -2.29. The summed E-state index contributed by atoms with van der Waals surface area (Å²) in [6.45, 7) is 5.29. The van der Waals surface area contributed by atoms with Crippen molar-refractivity contribution >= 4 is 22.5 Å². The van der Waals surface area contributed by atoms with Crippen molar-refractivity contribution in [3.05, 3.63) is 57.4 Å². The smallest absolute Gasteiger partial charge is 0.275 e. The molecule has 3 aromatic rings. The summed E-state index contributed by atoms with van der Waals surface area (Å²) in [6, 6.07) is 5.07. The average Bonchev–Trinajstić information content (AvgIpc) is 2.86. The van der Waals surface area contributed by atoms with Crippen molar-refractivity contribution in [1.82, 2.24) is 14.5 Å². The number of pyridine rings is 1. The zero-order chi connectivity index (χ0) is 26.1. The SMILES string of the molecule is C[C@@H](Nc1nc(CCC2COC2)nc2c1cc(N1CCOCC1)c(=O)n2C)c1cccc(C(F)F)c1F. The Morgan fingerprint density at radius 2 is 1.86 bits per heavy atom. The van der Waals surface area contributed by atoms with Gasteiger partial charge in [-0.3, -0.25) is 9.36 Å². The lowest BCUT2D eigenvalue weighted by Crippen LogP contribution is -2.40. The highest BCUT2D eigenvalue weighted by Crippen LogP contribution is 2.31. The maximum atomic E-state index is 14.9. The van der Waals surface area contributed by atoms with Gasteiger partial charge in [0.05, 0.1) is 43.4 Å². The molecule has 2 aliphatic rings. The molecule has 37 heavy (non-hydrogen) atoms. The number of nitrogens with one attached hydrogen (secondary N) is 1. The monoisotopic (exact) mass is 517 g/mol. The number of benzene rings is 1. The summed E-state index contributed by atoms with van der Waals surface area (Å²) >= 11 is 0. The van der Waals surface area contributed by atoms with Crippen LogP contribution in [0.15, 0.2) is 29.1 Å². The highest BCUT2D eigenvalue weighted by Gasteiger charge is 2.24. The molecule has 1 aromatic carbocycles. The van der Waals surface area contributed by atoms with Gasteiger partial charge in [0, 0.05) is 38.0 Å². The minimum atomic E-state index is -2.92. The molecule has 0 amide bonds. The summed E-state index contributed by atoms with van der Waals surface area (Å²) < 4.78 is 53.7. The Labute approximate surface area is 212 Å². The summed E-state index contributed by atoms with van der Waals surface area (Å²) in [6.07, 6.45) is -1.49. The van der Waals surface area contributed by atoms with E-state index in [4.69, 9.17) is 19.4 Å². The molecule has 0 aliphatic carbocycles. The Balaban J connectivity index is 1.57. The minimum Gasteiger partial charge on any atom is -0.381 e. The highest BCUT2D eigenvalue weighted by molar-refractivity contribution is 5.89. The molecule has 2 fully saturated rings. The molecule has 5 rings (SSSR count). The van der Waals surface area contributed by atoms with Gasteiger partial charge in [0.25, 0.3) is 12.0 Å². The van der Waals surface area contributed by atoms with Crippen molar-refractivity contribution < 1.29 is 22.6 Å². The number of alkyl halides is 2. The molecular formula is C26H30F3N5O3. The molecule has 8 nitrogen and oxygen atoms in total. The van der Waals surface area contributed by atoms with Gasteiger partial charge in [-0.2, -0.15) is 0 Å². The Morgan fingerprint density at radius 3 is 2.54 bits per heavy atom. The van der Waals surface area contributed by atoms with Crippen LogP contribution in [-0.2, 0) is 22.9 Å². The third-order valence-electron chi connectivity index (χ3n) is 7.04. The molecule has 0 unspecified atom stereocenters. The van der Waals surface area contributed by atoms with Crippen molar-refractivity contribution in [3.8, 4) is 0 Å². The second kappa shape index (κ2) is 10.7. The second-order valence-electron chi connectivity index (χ2n) is 9.58. The number of hydrogen-bond acceptors (Lipinski definition) is 7. The van der Waals surface area contributed by atoms with Crippen LogP contribution >= 0.6 is 0 Å². The van der Waals surface area contributed by atoms with Crippen LogP contribution in [0.25, 0.3) is 11.0 Å². The molecule has 1 atom stereocenters. The van der Waals surface area contributed by atoms with E-state index in [2.05, 4.69) is 5.32 Å². The number of aryl methyl sites for hydroxylation is 2. The van der Waals surface area contributed by atoms with Gasteiger partial charge >= 0.3 is 0 Å². The van der Waals surface area contributed by atoms with Crippen LogP contribution in [0.3, 0.4) is 0 Å². The van der Waals surface area contributed by atoms with Crippen LogP contribution < -0.4 is 15.8 Å². The van der Waals surface area contributed by atoms with Gasteiger partial charge in [-0.05, 0) is 19.4 Å². The number of ether oxygens (including phenoxy) is 2. The normalized spacial score (nSPS) is 17.3. The van der Waals surface area contributed by atoms with E-state index in [9.17, 15) is 18.0 Å². The maximum absolute atomic E-state index is 14.9. The van der Waals surface area contributed by atoms with E-state index in [1.807, 2.05) is 4.90 Å². The summed E-state index contributed by atoms with van der Waals surface area (Å²) in [5.74, 6) is 0.463. The van der Waals surface area contributed by atoms with Crippen molar-refractivity contribution in [1.29, 1.82) is 0 Å². The Morgan fingerprint density at radius 1 is 1.14 bits per heavy atom. The topological polar surface area (TPSA) is 81.5 Å². The molecule has 11 heteroatoms. The van der Waals surface area contributed by atoms with Gasteiger partial charge in [-0.1, -0.05) is 18.2 Å². The molecule has 2 saturated heterocycles. The molecular weight excluding hydrogens is 487 g/mol. The van der Waals surface area contributed by atoms with E-state index >= 15 is 0 Å². The molecule has 0 bridgehead atoms. The van der Waals surface area contributed by atoms with Crippen molar-refractivity contribution in [3.63, 3.8) is 0 Å². The summed E-state index contributed by atoms with van der Waals surface area (Å²) in [5, 5.41) is 3.82. The first kappa shape index (κ1) is 25.5. The lowest BCUT2D eigenvalue weighted by atomic mass is 10.0. The largest absolute Gasteiger partial charge is 0.381 e. The number of aromatic nitrogens is 3. The Kier molecular flexibility index (Phi) is 7.34. The first-order valence-corrected chi connectivity index (χ1v) is 12.5. The van der Waals surface area contributed by atoms with E-state index in [0.29, 0.717) is 80.2 Å². The number of rotatable bonds is 8. The lowest BCUT2D eigenvalue weighted by molar-refractivity contribution is -0.0354. The number of morpholine rings is 1. The highest BCUT2D eigenvalue weighted by atomic mass is 19.3. The predicted octanol–water partition coefficient (Wildman–Crippen LogP) is 3.99. The number of halogens is 3. The third kappa shape index (κ3) is 5.15. The molecule has 4 heterocycles. The molecule has 0 saturated carbocycles. The van der Waals surface area contributed by atoms with Gasteiger partial charge < -0.3 is 19.7 Å². The molecule has 0 spiro atoms. The quantitative estimate of drug-likeness (QED) is 0.484. The van der Waals surface area contributed by atoms with Gasteiger partial charge in [-0.15, -0.1) is 0 Å². The first-order valence-electron chi connectivity index (χ1n) is 12.5. The summed E-state index contributed by atoms with van der Waals surface area (Å²) in [4.78, 5) is 24.7. The van der Waals surface area contributed by atoms with Crippen LogP contribution in [0, 0.1) is 11.7 Å². The van der Waals surface area contributed by atoms with Crippen LogP contribution in [0.5, 0.6) is 0 Å². The van der Waals surface area contributed by atoms with Crippen LogP contribution in [0.1, 0.15) is 42.8 Å². The van der Waals surface area contributed by atoms with Gasteiger partial charge in [-0.25, -0.2) is 23.1 Å². The van der Waals surface area contributed by atoms with E-state index in [0.717, 1.165) is 12.5 Å². The number of fused-ring (bicyclic) bond motifs is 1. The molecule has 198 valence electrons. The molecule has 0 radical (unpaired) electrons. The predicted molar refractivity (Wildman–Crippen MR) is 134 cm³/mol. The number of anilines is 2. The van der Waals surface area contributed by atoms with E-state index in [-0.39, 0.29) is 11.1 Å². The van der Waals surface area contributed by atoms with E-state index in [1.54, 1.807) is 20.0 Å². The van der Waals surface area contributed by atoms with Crippen molar-refractivity contribution in [2.45, 2.75) is 32.2 Å². The van der Waals surface area contributed by atoms with Crippen LogP contribution in [0.4, 0.5) is 24.7 Å². The van der Waals surface area contributed by atoms with Gasteiger partial charge in [0.2, 0.25) is 0 Å². The standard InChI is InChI=1S/C26H30F3N5O3/c1-15(17-4-3-5-18(22(17)27)23(28)29)30-24-19-12-20(34-8-10-36-11-9-34)26(35)33(2)25(19)32-21(31-24)7-6-16-13-37-14-16/h3-5,12,15-16,23H,6-11,13-14H2,1-2H3,(H,30,31,32)/t15-/m1/s1. The fourth-order valence-electron chi connectivity index (χ4n) is 4.75. The molecule has 2 aliphatic heterocycles. The first-order chi connectivity index (χ1) is 17.8. The minimum absolute atomic E-state index is 0.107. The zero-order valence-electron chi connectivity index (χ0n) is 20.8. The maximum Gasteiger partial charge on any atom is 0.275 e. The summed E-state index contributed by atoms with van der Waals surface area (Å²) in [5.41, 5.74) is 0.243. The van der Waals surface area contributed by atoms with Crippen molar-refractivity contribution in [2.24, 2.45) is 13.0 Å². The average molecular weight is 518 g/mol. The summed E-state index contributed by atoms with van der Waals surface area (Å²) in [7, 11) is 1.67. The van der Waals surface area contributed by atoms with Crippen LogP contribution in [0.2, 0.25) is 0 Å². The van der Waals surface area contributed by atoms with E-state index < -0.39 is 23.8 Å². The van der Waals surface area contributed by atoms with Gasteiger partial charge in [0.1, 0.15) is 28.8 Å². The van der Waals surface area contributed by atoms with Crippen LogP contribution in [-0.4, -0.2) is 54.1 Å². The molecule has 2 aromatic heterocycles. The van der Waals surface area contributed by atoms with E-state index in [1.165, 1.54) is 16.7 Å². The fraction of sp³-hybridized carbons (Fsp3) is 0.500. The fourth-order valence-corrected chi connectivity index (χ4v) is 4.75. The third-order valence-corrected chi connectivity index (χ3v) is 7.04. The zero-order valence-corrected chi connectivity index (χ0v) is 20.8. The van der Waals surface area contributed by atoms with Crippen molar-refractivity contribution in [2.75, 3.05) is 49.7 Å². The number of nitrogens with zero attached hydrogens (tertiary/aromatic N) is 4. The molecule has 1 N–H and O–H groups in total. The number of hydrogen-bond donors (Lipinski definition) is 1. The Bertz CT molecular complexity index is 1340. The Hall–Kier alpha value is -3.18. The van der Waals surface area contributed by atoms with Gasteiger partial charge in [0.15, 0.2) is 0 Å².